The summed E-state index contributed by atoms with van der Waals surface area (Å²) in [4.78, 5) is 16.9. The molecule has 1 aromatic rings. The quantitative estimate of drug-likeness (QED) is 0.606. The van der Waals surface area contributed by atoms with Crippen LogP contribution in [0.3, 0.4) is 0 Å². The molecule has 1 unspecified atom stereocenters. The highest BCUT2D eigenvalue weighted by molar-refractivity contribution is 5.48. The largest absolute Gasteiger partial charge is 0.383 e. The second-order valence-corrected chi connectivity index (χ2v) is 5.32. The number of nitrogens with one attached hydrogen (secondary N) is 1. The number of hydrogen-bond donors (Lipinski definition) is 1. The SMILES string of the molecule is COCCN(CC1CCCN1)c1cc(C)c([N+](=O)[O-])cn1. The second-order valence-electron chi connectivity index (χ2n) is 5.32. The van der Waals surface area contributed by atoms with Crippen LogP contribution in [0, 0.1) is 17.0 Å². The number of anilines is 1. The van der Waals surface area contributed by atoms with E-state index in [1.807, 2.05) is 0 Å². The summed E-state index contributed by atoms with van der Waals surface area (Å²) in [6.45, 7) is 4.96. The maximum Gasteiger partial charge on any atom is 0.290 e. The molecule has 0 saturated carbocycles. The second kappa shape index (κ2) is 7.33. The molecule has 21 heavy (non-hydrogen) atoms. The van der Waals surface area contributed by atoms with E-state index in [-0.39, 0.29) is 5.69 Å². The van der Waals surface area contributed by atoms with Gasteiger partial charge in [-0.1, -0.05) is 0 Å². The van der Waals surface area contributed by atoms with E-state index < -0.39 is 4.92 Å². The summed E-state index contributed by atoms with van der Waals surface area (Å²) in [7, 11) is 1.67. The van der Waals surface area contributed by atoms with Gasteiger partial charge in [0.05, 0.1) is 11.5 Å². The highest BCUT2D eigenvalue weighted by Crippen LogP contribution is 2.22. The standard InChI is InChI=1S/C14H22N4O3/c1-11-8-14(16-9-13(11)18(19)20)17(6-7-21-2)10-12-4-3-5-15-12/h8-9,12,15H,3-7,10H2,1-2H3. The summed E-state index contributed by atoms with van der Waals surface area (Å²) < 4.78 is 5.15. The molecule has 1 aliphatic heterocycles. The van der Waals surface area contributed by atoms with E-state index in [0.717, 1.165) is 31.9 Å². The first kappa shape index (κ1) is 15.7. The average molecular weight is 294 g/mol. The third-order valence-electron chi connectivity index (χ3n) is 3.76. The molecular formula is C14H22N4O3. The van der Waals surface area contributed by atoms with E-state index in [0.29, 0.717) is 18.2 Å². The zero-order valence-electron chi connectivity index (χ0n) is 12.5. The van der Waals surface area contributed by atoms with Gasteiger partial charge in [-0.25, -0.2) is 4.98 Å². The lowest BCUT2D eigenvalue weighted by Crippen LogP contribution is -2.39. The van der Waals surface area contributed by atoms with Crippen molar-refractivity contribution in [3.8, 4) is 0 Å². The Balaban J connectivity index is 2.14. The minimum atomic E-state index is -0.399. The Kier molecular flexibility index (Phi) is 5.46. The van der Waals surface area contributed by atoms with Gasteiger partial charge < -0.3 is 15.0 Å². The molecule has 1 saturated heterocycles. The van der Waals surface area contributed by atoms with Crippen LogP contribution < -0.4 is 10.2 Å². The van der Waals surface area contributed by atoms with Crippen molar-refractivity contribution < 1.29 is 9.66 Å². The number of ether oxygens (including phenoxy) is 1. The number of pyridine rings is 1. The van der Waals surface area contributed by atoms with Crippen molar-refractivity contribution >= 4 is 11.5 Å². The van der Waals surface area contributed by atoms with Crippen LogP contribution >= 0.6 is 0 Å². The fourth-order valence-electron chi connectivity index (χ4n) is 2.58. The van der Waals surface area contributed by atoms with Gasteiger partial charge in [0.15, 0.2) is 0 Å². The molecule has 0 aliphatic carbocycles. The highest BCUT2D eigenvalue weighted by Gasteiger charge is 2.20. The Bertz CT molecular complexity index is 489. The van der Waals surface area contributed by atoms with Crippen molar-refractivity contribution in [1.29, 1.82) is 0 Å². The molecule has 7 heteroatoms. The molecular weight excluding hydrogens is 272 g/mol. The van der Waals surface area contributed by atoms with Crippen LogP contribution in [0.15, 0.2) is 12.3 Å². The molecule has 2 heterocycles. The van der Waals surface area contributed by atoms with Gasteiger partial charge in [0.2, 0.25) is 0 Å². The topological polar surface area (TPSA) is 80.5 Å². The van der Waals surface area contributed by atoms with Gasteiger partial charge in [-0.05, 0) is 32.4 Å². The summed E-state index contributed by atoms with van der Waals surface area (Å²) >= 11 is 0. The van der Waals surface area contributed by atoms with Crippen molar-refractivity contribution in [3.63, 3.8) is 0 Å². The average Bonchev–Trinajstić information content (AvgIpc) is 2.95. The highest BCUT2D eigenvalue weighted by atomic mass is 16.6. The van der Waals surface area contributed by atoms with Crippen molar-refractivity contribution in [2.75, 3.05) is 38.3 Å². The lowest BCUT2D eigenvalue weighted by molar-refractivity contribution is -0.385. The summed E-state index contributed by atoms with van der Waals surface area (Å²) in [6.07, 6.45) is 3.68. The van der Waals surface area contributed by atoms with Gasteiger partial charge in [0.25, 0.3) is 5.69 Å². The van der Waals surface area contributed by atoms with Crippen LogP contribution in [0.4, 0.5) is 11.5 Å². The van der Waals surface area contributed by atoms with E-state index >= 15 is 0 Å². The molecule has 1 atom stereocenters. The maximum absolute atomic E-state index is 10.9. The Morgan fingerprint density at radius 1 is 1.62 bits per heavy atom. The molecule has 0 bridgehead atoms. The molecule has 0 amide bonds. The fraction of sp³-hybridized carbons (Fsp3) is 0.643. The lowest BCUT2D eigenvalue weighted by atomic mass is 10.2. The Labute approximate surface area is 124 Å². The van der Waals surface area contributed by atoms with E-state index in [4.69, 9.17) is 4.74 Å². The van der Waals surface area contributed by atoms with Crippen LogP contribution in [-0.4, -0.2) is 49.3 Å². The van der Waals surface area contributed by atoms with Crippen molar-refractivity contribution in [3.05, 3.63) is 27.9 Å². The lowest BCUT2D eigenvalue weighted by Gasteiger charge is -2.26. The first-order chi connectivity index (χ1) is 10.1. The molecule has 1 fully saturated rings. The van der Waals surface area contributed by atoms with Gasteiger partial charge >= 0.3 is 0 Å². The smallest absolute Gasteiger partial charge is 0.290 e. The first-order valence-corrected chi connectivity index (χ1v) is 7.20. The van der Waals surface area contributed by atoms with Gasteiger partial charge in [0.1, 0.15) is 12.0 Å². The minimum Gasteiger partial charge on any atom is -0.383 e. The fourth-order valence-corrected chi connectivity index (χ4v) is 2.58. The number of nitro groups is 1. The number of rotatable bonds is 7. The predicted octanol–water partition coefficient (Wildman–Crippen LogP) is 1.50. The minimum absolute atomic E-state index is 0.0597. The van der Waals surface area contributed by atoms with E-state index in [1.54, 1.807) is 20.1 Å². The van der Waals surface area contributed by atoms with Crippen LogP contribution in [0.5, 0.6) is 0 Å². The Hall–Kier alpha value is -1.73. The van der Waals surface area contributed by atoms with E-state index in [9.17, 15) is 10.1 Å². The number of aromatic nitrogens is 1. The molecule has 7 nitrogen and oxygen atoms in total. The number of nitrogens with zero attached hydrogens (tertiary/aromatic N) is 3. The normalized spacial score (nSPS) is 17.9. The van der Waals surface area contributed by atoms with Gasteiger partial charge in [0, 0.05) is 31.8 Å². The number of hydrogen-bond acceptors (Lipinski definition) is 6. The molecule has 1 aliphatic rings. The van der Waals surface area contributed by atoms with Crippen molar-refractivity contribution in [2.24, 2.45) is 0 Å². The first-order valence-electron chi connectivity index (χ1n) is 7.20. The molecule has 116 valence electrons. The Morgan fingerprint density at radius 2 is 2.43 bits per heavy atom. The zero-order chi connectivity index (χ0) is 15.2. The molecule has 1 N–H and O–H groups in total. The summed E-state index contributed by atoms with van der Waals surface area (Å²) in [5.74, 6) is 0.767. The van der Waals surface area contributed by atoms with Crippen LogP contribution in [0.2, 0.25) is 0 Å². The summed E-state index contributed by atoms with van der Waals surface area (Å²) in [5, 5.41) is 14.3. The van der Waals surface area contributed by atoms with Crippen LogP contribution in [-0.2, 0) is 4.74 Å². The van der Waals surface area contributed by atoms with Crippen molar-refractivity contribution in [2.45, 2.75) is 25.8 Å². The molecule has 0 aromatic carbocycles. The van der Waals surface area contributed by atoms with Gasteiger partial charge in [-0.15, -0.1) is 0 Å². The summed E-state index contributed by atoms with van der Waals surface area (Å²) in [6, 6.07) is 2.22. The summed E-state index contributed by atoms with van der Waals surface area (Å²) in [5.41, 5.74) is 0.691. The monoisotopic (exact) mass is 294 g/mol. The van der Waals surface area contributed by atoms with Gasteiger partial charge in [-0.2, -0.15) is 0 Å². The van der Waals surface area contributed by atoms with Gasteiger partial charge in [-0.3, -0.25) is 10.1 Å². The molecule has 0 radical (unpaired) electrons. The zero-order valence-corrected chi connectivity index (χ0v) is 12.5. The number of aryl methyl sites for hydroxylation is 1. The maximum atomic E-state index is 10.9. The van der Waals surface area contributed by atoms with Crippen molar-refractivity contribution in [1.82, 2.24) is 10.3 Å². The Morgan fingerprint density at radius 3 is 3.00 bits per heavy atom. The number of methoxy groups -OCH3 is 1. The third-order valence-corrected chi connectivity index (χ3v) is 3.76. The van der Waals surface area contributed by atoms with E-state index in [1.165, 1.54) is 12.6 Å². The molecule has 2 rings (SSSR count). The molecule has 0 spiro atoms. The van der Waals surface area contributed by atoms with Crippen LogP contribution in [0.25, 0.3) is 0 Å². The van der Waals surface area contributed by atoms with Crippen LogP contribution in [0.1, 0.15) is 18.4 Å². The predicted molar refractivity (Wildman–Crippen MR) is 80.7 cm³/mol. The van der Waals surface area contributed by atoms with E-state index in [2.05, 4.69) is 15.2 Å². The third kappa shape index (κ3) is 4.12. The molecule has 1 aromatic heterocycles.